The van der Waals surface area contributed by atoms with Crippen LogP contribution in [0, 0.1) is 5.41 Å². The fraction of sp³-hybridized carbons (Fsp3) is 0.769. The Morgan fingerprint density at radius 1 is 1.26 bits per heavy atom. The van der Waals surface area contributed by atoms with E-state index in [0.29, 0.717) is 6.42 Å². The van der Waals surface area contributed by atoms with Crippen LogP contribution in [0.4, 0.5) is 0 Å². The lowest BCUT2D eigenvalue weighted by Crippen LogP contribution is -2.57. The van der Waals surface area contributed by atoms with Crippen molar-refractivity contribution in [2.45, 2.75) is 39.3 Å². The van der Waals surface area contributed by atoms with E-state index >= 15 is 0 Å². The summed E-state index contributed by atoms with van der Waals surface area (Å²) in [5.74, 6) is -0.500. The zero-order chi connectivity index (χ0) is 15.1. The summed E-state index contributed by atoms with van der Waals surface area (Å²) >= 11 is 0. The SMILES string of the molecule is C=CC(=O)OC(CC(C)(C)CC)[Si](OC)(OC)OC. The number of hydrogen-bond donors (Lipinski definition) is 0. The van der Waals surface area contributed by atoms with Crippen LogP contribution < -0.4 is 0 Å². The molecule has 0 aliphatic rings. The molecule has 0 bridgehead atoms. The number of ether oxygens (including phenoxy) is 1. The molecule has 0 amide bonds. The Labute approximate surface area is 117 Å². The molecule has 0 saturated carbocycles. The normalized spacial score (nSPS) is 14.0. The van der Waals surface area contributed by atoms with E-state index in [1.165, 1.54) is 21.3 Å². The molecule has 0 aliphatic heterocycles. The summed E-state index contributed by atoms with van der Waals surface area (Å²) in [7, 11) is 1.48. The fourth-order valence-electron chi connectivity index (χ4n) is 1.72. The van der Waals surface area contributed by atoms with Crippen molar-refractivity contribution in [1.82, 2.24) is 0 Å². The van der Waals surface area contributed by atoms with Crippen molar-refractivity contribution in [3.05, 3.63) is 12.7 Å². The van der Waals surface area contributed by atoms with E-state index in [1.54, 1.807) is 0 Å². The number of esters is 1. The Hall–Kier alpha value is -0.693. The van der Waals surface area contributed by atoms with Gasteiger partial charge in [-0.2, -0.15) is 0 Å². The molecule has 1 atom stereocenters. The van der Waals surface area contributed by atoms with Crippen molar-refractivity contribution < 1.29 is 22.8 Å². The summed E-state index contributed by atoms with van der Waals surface area (Å²) in [5, 5.41) is 0. The molecule has 0 aromatic carbocycles. The lowest BCUT2D eigenvalue weighted by Gasteiger charge is -2.36. The first-order valence-electron chi connectivity index (χ1n) is 6.29. The Morgan fingerprint density at radius 2 is 1.74 bits per heavy atom. The first kappa shape index (κ1) is 18.3. The minimum absolute atomic E-state index is 0.0139. The molecule has 0 rings (SSSR count). The van der Waals surface area contributed by atoms with Crippen molar-refractivity contribution >= 4 is 14.8 Å². The molecule has 5 nitrogen and oxygen atoms in total. The molecule has 0 spiro atoms. The van der Waals surface area contributed by atoms with Gasteiger partial charge in [-0.3, -0.25) is 0 Å². The maximum absolute atomic E-state index is 11.5. The smallest absolute Gasteiger partial charge is 0.455 e. The Kier molecular flexibility index (Phi) is 7.51. The summed E-state index contributed by atoms with van der Waals surface area (Å²) in [4.78, 5) is 11.5. The zero-order valence-electron chi connectivity index (χ0n) is 12.8. The van der Waals surface area contributed by atoms with Gasteiger partial charge in [0, 0.05) is 27.4 Å². The number of carbonyl (C=O) groups is 1. The van der Waals surface area contributed by atoms with E-state index in [4.69, 9.17) is 18.0 Å². The number of rotatable bonds is 9. The summed E-state index contributed by atoms with van der Waals surface area (Å²) in [5.41, 5.74) is -0.562. The van der Waals surface area contributed by atoms with Crippen molar-refractivity contribution in [2.75, 3.05) is 21.3 Å². The van der Waals surface area contributed by atoms with Crippen molar-refractivity contribution in [3.8, 4) is 0 Å². The third kappa shape index (κ3) is 5.06. The minimum Gasteiger partial charge on any atom is -0.455 e. The Bertz CT molecular complexity index is 291. The molecule has 0 aromatic rings. The number of carbonyl (C=O) groups excluding carboxylic acids is 1. The van der Waals surface area contributed by atoms with Crippen LogP contribution >= 0.6 is 0 Å². The van der Waals surface area contributed by atoms with Gasteiger partial charge in [-0.05, 0) is 11.8 Å². The molecule has 0 heterocycles. The third-order valence-electron chi connectivity index (χ3n) is 3.37. The van der Waals surface area contributed by atoms with Gasteiger partial charge in [0.25, 0.3) is 0 Å². The zero-order valence-corrected chi connectivity index (χ0v) is 13.8. The van der Waals surface area contributed by atoms with Gasteiger partial charge in [-0.1, -0.05) is 33.8 Å². The fourth-order valence-corrected chi connectivity index (χ4v) is 4.07. The highest BCUT2D eigenvalue weighted by Crippen LogP contribution is 2.32. The minimum atomic E-state index is -3.04. The van der Waals surface area contributed by atoms with E-state index in [0.717, 1.165) is 12.5 Å². The van der Waals surface area contributed by atoms with Crippen LogP contribution in [0.2, 0.25) is 0 Å². The highest BCUT2D eigenvalue weighted by Gasteiger charge is 2.51. The molecule has 112 valence electrons. The monoisotopic (exact) mass is 290 g/mol. The maximum atomic E-state index is 11.5. The lowest BCUT2D eigenvalue weighted by atomic mass is 9.87. The van der Waals surface area contributed by atoms with Crippen LogP contribution in [-0.4, -0.2) is 41.8 Å². The first-order valence-corrected chi connectivity index (χ1v) is 8.09. The second-order valence-corrected chi connectivity index (χ2v) is 8.14. The maximum Gasteiger partial charge on any atom is 0.543 e. The lowest BCUT2D eigenvalue weighted by molar-refractivity contribution is -0.144. The molecule has 0 fully saturated rings. The molecule has 0 aliphatic carbocycles. The number of hydrogen-bond acceptors (Lipinski definition) is 5. The van der Waals surface area contributed by atoms with Gasteiger partial charge in [0.1, 0.15) is 0 Å². The van der Waals surface area contributed by atoms with Crippen LogP contribution in [0.3, 0.4) is 0 Å². The van der Waals surface area contributed by atoms with Crippen LogP contribution in [0.15, 0.2) is 12.7 Å². The second kappa shape index (κ2) is 7.79. The van der Waals surface area contributed by atoms with Crippen molar-refractivity contribution in [3.63, 3.8) is 0 Å². The average molecular weight is 290 g/mol. The first-order chi connectivity index (χ1) is 8.80. The predicted octanol–water partition coefficient (Wildman–Crippen LogP) is 2.33. The molecular formula is C13H26O5Si. The molecule has 0 saturated heterocycles. The van der Waals surface area contributed by atoms with E-state index < -0.39 is 20.5 Å². The van der Waals surface area contributed by atoms with Crippen molar-refractivity contribution in [2.24, 2.45) is 5.41 Å². The summed E-state index contributed by atoms with van der Waals surface area (Å²) in [6, 6.07) is 0. The van der Waals surface area contributed by atoms with Gasteiger partial charge in [0.05, 0.1) is 0 Å². The van der Waals surface area contributed by atoms with Gasteiger partial charge >= 0.3 is 14.8 Å². The Balaban J connectivity index is 5.24. The quantitative estimate of drug-likeness (QED) is 0.370. The highest BCUT2D eigenvalue weighted by atomic mass is 28.4. The molecular weight excluding hydrogens is 264 g/mol. The molecule has 0 aromatic heterocycles. The van der Waals surface area contributed by atoms with E-state index in [-0.39, 0.29) is 5.41 Å². The standard InChI is InChI=1S/C13H26O5Si/c1-8-11(14)18-12(10-13(3,4)9-2)19(15-5,16-6)17-7/h8,12H,1,9-10H2,2-7H3. The largest absolute Gasteiger partial charge is 0.543 e. The topological polar surface area (TPSA) is 54.0 Å². The third-order valence-corrected chi connectivity index (χ3v) is 6.19. The van der Waals surface area contributed by atoms with Gasteiger partial charge in [0.2, 0.25) is 0 Å². The summed E-state index contributed by atoms with van der Waals surface area (Å²) in [6.07, 6.45) is 2.67. The Morgan fingerprint density at radius 3 is 2.05 bits per heavy atom. The van der Waals surface area contributed by atoms with Gasteiger partial charge < -0.3 is 18.0 Å². The molecule has 6 heteroatoms. The predicted molar refractivity (Wildman–Crippen MR) is 75.5 cm³/mol. The molecule has 19 heavy (non-hydrogen) atoms. The summed E-state index contributed by atoms with van der Waals surface area (Å²) in [6.45, 7) is 9.69. The van der Waals surface area contributed by atoms with Crippen LogP contribution in [0.1, 0.15) is 33.6 Å². The van der Waals surface area contributed by atoms with Crippen LogP contribution in [-0.2, 0) is 22.8 Å². The van der Waals surface area contributed by atoms with E-state index in [2.05, 4.69) is 27.4 Å². The van der Waals surface area contributed by atoms with Crippen molar-refractivity contribution in [1.29, 1.82) is 0 Å². The van der Waals surface area contributed by atoms with Gasteiger partial charge in [-0.25, -0.2) is 4.79 Å². The molecule has 0 N–H and O–H groups in total. The highest BCUT2D eigenvalue weighted by molar-refractivity contribution is 6.62. The average Bonchev–Trinajstić information content (AvgIpc) is 2.40. The molecule has 1 unspecified atom stereocenters. The second-order valence-electron chi connectivity index (χ2n) is 5.07. The molecule has 0 radical (unpaired) electrons. The van der Waals surface area contributed by atoms with Gasteiger partial charge in [0.15, 0.2) is 5.73 Å². The van der Waals surface area contributed by atoms with E-state index in [9.17, 15) is 4.79 Å². The summed E-state index contributed by atoms with van der Waals surface area (Å²) < 4.78 is 21.7. The van der Waals surface area contributed by atoms with Gasteiger partial charge in [-0.15, -0.1) is 0 Å². The van der Waals surface area contributed by atoms with E-state index in [1.807, 2.05) is 0 Å². The van der Waals surface area contributed by atoms with Crippen LogP contribution in [0.5, 0.6) is 0 Å². The van der Waals surface area contributed by atoms with Crippen LogP contribution in [0.25, 0.3) is 0 Å².